The van der Waals surface area contributed by atoms with E-state index in [4.69, 9.17) is 5.73 Å². The molecule has 5 heteroatoms. The van der Waals surface area contributed by atoms with Crippen molar-refractivity contribution < 1.29 is 14.4 Å². The van der Waals surface area contributed by atoms with E-state index in [-0.39, 0.29) is 24.8 Å². The molecule has 1 unspecified atom stereocenters. The van der Waals surface area contributed by atoms with Crippen LogP contribution in [0.15, 0.2) is 24.3 Å². The average molecular weight is 274 g/mol. The number of nitrogens with two attached hydrogens (primary N) is 1. The van der Waals surface area contributed by atoms with E-state index in [0.29, 0.717) is 24.2 Å². The number of amides is 2. The summed E-state index contributed by atoms with van der Waals surface area (Å²) in [7, 11) is 0. The first-order chi connectivity index (χ1) is 9.56. The molecule has 1 aliphatic carbocycles. The first kappa shape index (κ1) is 14.2. The molecule has 1 aliphatic rings. The summed E-state index contributed by atoms with van der Waals surface area (Å²) in [5.41, 5.74) is 6.65. The molecular weight excluding hydrogens is 256 g/mol. The van der Waals surface area contributed by atoms with Crippen LogP contribution in [0.25, 0.3) is 0 Å². The molecule has 3 N–H and O–H groups in total. The number of ketones is 1. The van der Waals surface area contributed by atoms with Crippen molar-refractivity contribution in [1.29, 1.82) is 0 Å². The number of carbonyl (C=O) groups is 3. The third kappa shape index (κ3) is 3.66. The summed E-state index contributed by atoms with van der Waals surface area (Å²) in [6.45, 7) is 0.243. The SMILES string of the molecule is NC(=O)CCNC(=O)c1ccc(C2CCC(=O)C2)cc1. The Balaban J connectivity index is 1.92. The lowest BCUT2D eigenvalue weighted by molar-refractivity contribution is -0.118. The van der Waals surface area contributed by atoms with E-state index in [1.165, 1.54) is 0 Å². The molecule has 0 heterocycles. The minimum Gasteiger partial charge on any atom is -0.370 e. The summed E-state index contributed by atoms with van der Waals surface area (Å²) in [6, 6.07) is 7.29. The fourth-order valence-electron chi connectivity index (χ4n) is 2.41. The van der Waals surface area contributed by atoms with E-state index >= 15 is 0 Å². The minimum absolute atomic E-state index is 0.133. The summed E-state index contributed by atoms with van der Waals surface area (Å²) in [4.78, 5) is 33.6. The fraction of sp³-hybridized carbons (Fsp3) is 0.400. The van der Waals surface area contributed by atoms with E-state index in [1.807, 2.05) is 12.1 Å². The van der Waals surface area contributed by atoms with Crippen molar-refractivity contribution in [3.8, 4) is 0 Å². The molecule has 0 spiro atoms. The lowest BCUT2D eigenvalue weighted by Gasteiger charge is -2.09. The Hall–Kier alpha value is -2.17. The highest BCUT2D eigenvalue weighted by Crippen LogP contribution is 2.31. The molecule has 0 saturated heterocycles. The molecule has 0 radical (unpaired) electrons. The van der Waals surface area contributed by atoms with Crippen molar-refractivity contribution in [1.82, 2.24) is 5.32 Å². The highest BCUT2D eigenvalue weighted by molar-refractivity contribution is 5.94. The molecule has 5 nitrogen and oxygen atoms in total. The van der Waals surface area contributed by atoms with Crippen LogP contribution in [0, 0.1) is 0 Å². The van der Waals surface area contributed by atoms with Crippen LogP contribution in [-0.2, 0) is 9.59 Å². The first-order valence-corrected chi connectivity index (χ1v) is 6.74. The molecule has 1 aromatic rings. The van der Waals surface area contributed by atoms with Gasteiger partial charge < -0.3 is 11.1 Å². The molecule has 0 aliphatic heterocycles. The van der Waals surface area contributed by atoms with E-state index in [9.17, 15) is 14.4 Å². The molecule has 1 aromatic carbocycles. The zero-order valence-corrected chi connectivity index (χ0v) is 11.2. The zero-order chi connectivity index (χ0) is 14.5. The molecule has 1 saturated carbocycles. The summed E-state index contributed by atoms with van der Waals surface area (Å²) in [6.07, 6.45) is 2.28. The van der Waals surface area contributed by atoms with E-state index in [1.54, 1.807) is 12.1 Å². The van der Waals surface area contributed by atoms with Gasteiger partial charge in [-0.2, -0.15) is 0 Å². The monoisotopic (exact) mass is 274 g/mol. The largest absolute Gasteiger partial charge is 0.370 e. The summed E-state index contributed by atoms with van der Waals surface area (Å²) in [5.74, 6) is -0.0652. The first-order valence-electron chi connectivity index (χ1n) is 6.74. The van der Waals surface area contributed by atoms with Gasteiger partial charge in [-0.05, 0) is 30.0 Å². The maximum atomic E-state index is 11.8. The minimum atomic E-state index is -0.438. The van der Waals surface area contributed by atoms with Gasteiger partial charge in [-0.1, -0.05) is 12.1 Å². The average Bonchev–Trinajstić information content (AvgIpc) is 2.85. The van der Waals surface area contributed by atoms with Crippen LogP contribution in [0.1, 0.15) is 47.5 Å². The van der Waals surface area contributed by atoms with Gasteiger partial charge in [-0.3, -0.25) is 14.4 Å². The second-order valence-electron chi connectivity index (χ2n) is 5.07. The van der Waals surface area contributed by atoms with Crippen molar-refractivity contribution in [2.75, 3.05) is 6.54 Å². The van der Waals surface area contributed by atoms with Gasteiger partial charge in [0.2, 0.25) is 5.91 Å². The molecule has 106 valence electrons. The van der Waals surface area contributed by atoms with Crippen molar-refractivity contribution in [2.45, 2.75) is 31.6 Å². The van der Waals surface area contributed by atoms with Gasteiger partial charge in [0.1, 0.15) is 5.78 Å². The van der Waals surface area contributed by atoms with Crippen molar-refractivity contribution >= 4 is 17.6 Å². The van der Waals surface area contributed by atoms with E-state index in [0.717, 1.165) is 12.0 Å². The van der Waals surface area contributed by atoms with E-state index in [2.05, 4.69) is 5.32 Å². The molecule has 1 atom stereocenters. The lowest BCUT2D eigenvalue weighted by atomic mass is 9.96. The van der Waals surface area contributed by atoms with Gasteiger partial charge in [0.25, 0.3) is 5.91 Å². The highest BCUT2D eigenvalue weighted by atomic mass is 16.2. The van der Waals surface area contributed by atoms with Crippen LogP contribution in [0.4, 0.5) is 0 Å². The number of Topliss-reactive ketones (excluding diaryl/α,β-unsaturated/α-hetero) is 1. The normalized spacial score (nSPS) is 18.0. The Labute approximate surface area is 117 Å². The number of benzene rings is 1. The number of hydrogen-bond donors (Lipinski definition) is 2. The van der Waals surface area contributed by atoms with Gasteiger partial charge in [-0.15, -0.1) is 0 Å². The Morgan fingerprint density at radius 2 is 1.95 bits per heavy atom. The van der Waals surface area contributed by atoms with Crippen molar-refractivity contribution in [2.24, 2.45) is 5.73 Å². The van der Waals surface area contributed by atoms with Crippen LogP contribution < -0.4 is 11.1 Å². The van der Waals surface area contributed by atoms with Gasteiger partial charge in [0.15, 0.2) is 0 Å². The number of nitrogens with one attached hydrogen (secondary N) is 1. The number of carbonyl (C=O) groups excluding carboxylic acids is 3. The number of hydrogen-bond acceptors (Lipinski definition) is 3. The van der Waals surface area contributed by atoms with Crippen LogP contribution >= 0.6 is 0 Å². The molecule has 1 fully saturated rings. The number of rotatable bonds is 5. The molecule has 0 bridgehead atoms. The predicted octanol–water partition coefficient (Wildman–Crippen LogP) is 1.13. The van der Waals surface area contributed by atoms with Crippen LogP contribution in [0.3, 0.4) is 0 Å². The Kier molecular flexibility index (Phi) is 4.50. The molecule has 20 heavy (non-hydrogen) atoms. The number of primary amides is 1. The van der Waals surface area contributed by atoms with Crippen LogP contribution in [0.2, 0.25) is 0 Å². The van der Waals surface area contributed by atoms with Crippen LogP contribution in [-0.4, -0.2) is 24.1 Å². The second kappa shape index (κ2) is 6.32. The lowest BCUT2D eigenvalue weighted by Crippen LogP contribution is -2.27. The Bertz CT molecular complexity index is 522. The quantitative estimate of drug-likeness (QED) is 0.843. The molecule has 2 rings (SSSR count). The topological polar surface area (TPSA) is 89.3 Å². The van der Waals surface area contributed by atoms with E-state index < -0.39 is 5.91 Å². The maximum Gasteiger partial charge on any atom is 0.251 e. The smallest absolute Gasteiger partial charge is 0.251 e. The molecule has 0 aromatic heterocycles. The Morgan fingerprint density at radius 3 is 2.50 bits per heavy atom. The van der Waals surface area contributed by atoms with Gasteiger partial charge in [-0.25, -0.2) is 0 Å². The maximum absolute atomic E-state index is 11.8. The molecular formula is C15H18N2O3. The third-order valence-electron chi connectivity index (χ3n) is 3.55. The van der Waals surface area contributed by atoms with Gasteiger partial charge in [0, 0.05) is 31.4 Å². The standard InChI is InChI=1S/C15H18N2O3/c16-14(19)7-8-17-15(20)11-3-1-10(2-4-11)12-5-6-13(18)9-12/h1-4,12H,5-9H2,(H2,16,19)(H,17,20). The van der Waals surface area contributed by atoms with Gasteiger partial charge >= 0.3 is 0 Å². The summed E-state index contributed by atoms with van der Waals surface area (Å²) < 4.78 is 0. The second-order valence-corrected chi connectivity index (χ2v) is 5.07. The molecule has 2 amide bonds. The fourth-order valence-corrected chi connectivity index (χ4v) is 2.41. The predicted molar refractivity (Wildman–Crippen MR) is 74.2 cm³/mol. The Morgan fingerprint density at radius 1 is 1.25 bits per heavy atom. The summed E-state index contributed by atoms with van der Waals surface area (Å²) in [5, 5.41) is 2.63. The summed E-state index contributed by atoms with van der Waals surface area (Å²) >= 11 is 0. The van der Waals surface area contributed by atoms with Crippen molar-refractivity contribution in [3.63, 3.8) is 0 Å². The highest BCUT2D eigenvalue weighted by Gasteiger charge is 2.23. The van der Waals surface area contributed by atoms with Crippen molar-refractivity contribution in [3.05, 3.63) is 35.4 Å². The van der Waals surface area contributed by atoms with Gasteiger partial charge in [0.05, 0.1) is 0 Å². The zero-order valence-electron chi connectivity index (χ0n) is 11.2. The third-order valence-corrected chi connectivity index (χ3v) is 3.55. The van der Waals surface area contributed by atoms with Crippen LogP contribution in [0.5, 0.6) is 0 Å².